The summed E-state index contributed by atoms with van der Waals surface area (Å²) in [4.78, 5) is 76.6. The third-order valence-electron chi connectivity index (χ3n) is 6.79. The Balaban J connectivity index is 1.76. The van der Waals surface area contributed by atoms with Crippen LogP contribution >= 0.6 is 0 Å². The van der Waals surface area contributed by atoms with Gasteiger partial charge in [-0.1, -0.05) is 74.5 Å². The summed E-state index contributed by atoms with van der Waals surface area (Å²) in [7, 11) is 0. The van der Waals surface area contributed by atoms with E-state index in [9.17, 15) is 28.8 Å². The molecule has 1 heterocycles. The van der Waals surface area contributed by atoms with Crippen LogP contribution in [0, 0.1) is 5.92 Å². The average Bonchev–Trinajstić information content (AvgIpc) is 3.83. The highest BCUT2D eigenvalue weighted by Crippen LogP contribution is 2.25. The molecular formula is C32H41N5O9. The molecule has 4 atom stereocenters. The minimum atomic E-state index is -1.23. The normalized spacial score (nSPS) is 16.3. The summed E-state index contributed by atoms with van der Waals surface area (Å²) >= 11 is 0. The van der Waals surface area contributed by atoms with Gasteiger partial charge in [0.05, 0.1) is 13.2 Å². The first-order valence-corrected chi connectivity index (χ1v) is 15.0. The van der Waals surface area contributed by atoms with Crippen molar-refractivity contribution in [3.05, 3.63) is 71.8 Å². The highest BCUT2D eigenvalue weighted by atomic mass is 16.6. The second-order valence-corrected chi connectivity index (χ2v) is 11.1. The van der Waals surface area contributed by atoms with Crippen molar-refractivity contribution in [3.63, 3.8) is 0 Å². The predicted octanol–water partition coefficient (Wildman–Crippen LogP) is 1.12. The molecule has 0 bridgehead atoms. The fraction of sp³-hybridized carbons (Fsp3) is 0.438. The van der Waals surface area contributed by atoms with Crippen LogP contribution in [0.5, 0.6) is 0 Å². The van der Waals surface area contributed by atoms with Crippen LogP contribution in [-0.2, 0) is 51.2 Å². The van der Waals surface area contributed by atoms with Gasteiger partial charge in [-0.2, -0.15) is 0 Å². The third-order valence-corrected chi connectivity index (χ3v) is 6.79. The number of primary amides is 1. The van der Waals surface area contributed by atoms with Crippen molar-refractivity contribution in [1.29, 1.82) is 0 Å². The number of epoxide rings is 1. The number of alkyl carbamates (subject to hydrolysis) is 1. The van der Waals surface area contributed by atoms with E-state index < -0.39 is 60.0 Å². The number of amides is 5. The molecule has 0 saturated carbocycles. The van der Waals surface area contributed by atoms with Crippen LogP contribution in [0.15, 0.2) is 60.7 Å². The standard InChI is InChI=1S/C32H41N5O9/c1-4-44-31(42)27-26(46-27)30(41)37(16-15-25(33)38)36-29(40)24(18-21-11-7-5-8-12-21)34-28(39)23(17-20(2)3)35-32(43)45-19-22-13-9-6-10-14-22/h5-14,20,23-24,26-27H,4,15-19H2,1-3H3,(H2,33,38)(H,34,39)(H,35,43)(H,36,40)/t23-,24-,26?,27-/m0/s1. The first-order valence-electron chi connectivity index (χ1n) is 15.0. The Morgan fingerprint density at radius 1 is 0.848 bits per heavy atom. The molecule has 0 spiro atoms. The van der Waals surface area contributed by atoms with Gasteiger partial charge < -0.3 is 30.6 Å². The summed E-state index contributed by atoms with van der Waals surface area (Å²) in [6, 6.07) is 15.6. The fourth-order valence-corrected chi connectivity index (χ4v) is 4.45. The highest BCUT2D eigenvalue weighted by molar-refractivity contribution is 5.95. The summed E-state index contributed by atoms with van der Waals surface area (Å²) in [5, 5.41) is 6.12. The SMILES string of the molecule is CCOC(=O)[C@H]1OC1C(=O)N(CCC(N)=O)NC(=O)[C@H](Cc1ccccc1)NC(=O)[C@H](CC(C)C)NC(=O)OCc1ccccc1. The number of ether oxygens (including phenoxy) is 3. The lowest BCUT2D eigenvalue weighted by Gasteiger charge is -2.27. The van der Waals surface area contributed by atoms with Crippen molar-refractivity contribution in [3.8, 4) is 0 Å². The Kier molecular flexibility index (Phi) is 13.5. The summed E-state index contributed by atoms with van der Waals surface area (Å²) < 4.78 is 15.4. The quantitative estimate of drug-likeness (QED) is 0.118. The maximum absolute atomic E-state index is 13.6. The van der Waals surface area contributed by atoms with Gasteiger partial charge in [-0.05, 0) is 30.4 Å². The summed E-state index contributed by atoms with van der Waals surface area (Å²) in [6.45, 7) is 5.12. The number of nitrogens with one attached hydrogen (secondary N) is 3. The van der Waals surface area contributed by atoms with Gasteiger partial charge in [0.1, 0.15) is 18.7 Å². The van der Waals surface area contributed by atoms with Gasteiger partial charge in [-0.3, -0.25) is 29.6 Å². The molecule has 3 rings (SSSR count). The van der Waals surface area contributed by atoms with E-state index in [1.54, 1.807) is 49.4 Å². The predicted molar refractivity (Wildman–Crippen MR) is 164 cm³/mol. The zero-order chi connectivity index (χ0) is 33.6. The van der Waals surface area contributed by atoms with E-state index in [1.165, 1.54) is 0 Å². The first kappa shape index (κ1) is 35.5. The number of carbonyl (C=O) groups excluding carboxylic acids is 6. The summed E-state index contributed by atoms with van der Waals surface area (Å²) in [5.41, 5.74) is 9.19. The third kappa shape index (κ3) is 11.5. The van der Waals surface area contributed by atoms with E-state index in [4.69, 9.17) is 19.9 Å². The molecule has 1 unspecified atom stereocenters. The monoisotopic (exact) mass is 639 g/mol. The van der Waals surface area contributed by atoms with E-state index in [0.29, 0.717) is 5.56 Å². The topological polar surface area (TPSA) is 199 Å². The molecule has 1 aliphatic heterocycles. The van der Waals surface area contributed by atoms with Crippen molar-refractivity contribution in [2.24, 2.45) is 11.7 Å². The molecule has 1 aliphatic rings. The Bertz CT molecular complexity index is 1360. The van der Waals surface area contributed by atoms with Crippen LogP contribution in [0.2, 0.25) is 0 Å². The van der Waals surface area contributed by atoms with Crippen LogP contribution in [0.25, 0.3) is 0 Å². The molecule has 0 aromatic heterocycles. The molecule has 1 fully saturated rings. The van der Waals surface area contributed by atoms with Crippen LogP contribution in [0.1, 0.15) is 44.7 Å². The minimum absolute atomic E-state index is 0.00136. The van der Waals surface area contributed by atoms with Gasteiger partial charge in [0.25, 0.3) is 11.8 Å². The van der Waals surface area contributed by atoms with Gasteiger partial charge in [-0.25, -0.2) is 9.59 Å². The van der Waals surface area contributed by atoms with Gasteiger partial charge in [0.15, 0.2) is 12.2 Å². The second-order valence-electron chi connectivity index (χ2n) is 11.1. The minimum Gasteiger partial charge on any atom is -0.464 e. The molecule has 14 heteroatoms. The van der Waals surface area contributed by atoms with E-state index in [1.807, 2.05) is 32.0 Å². The molecule has 14 nitrogen and oxygen atoms in total. The van der Waals surface area contributed by atoms with Crippen LogP contribution < -0.4 is 21.8 Å². The Morgan fingerprint density at radius 3 is 2.07 bits per heavy atom. The molecule has 46 heavy (non-hydrogen) atoms. The van der Waals surface area contributed by atoms with Gasteiger partial charge in [0.2, 0.25) is 11.8 Å². The van der Waals surface area contributed by atoms with Gasteiger partial charge >= 0.3 is 12.1 Å². The number of hydrogen-bond donors (Lipinski definition) is 4. The Morgan fingerprint density at radius 2 is 1.48 bits per heavy atom. The number of nitrogens with zero attached hydrogens (tertiary/aromatic N) is 1. The van der Waals surface area contributed by atoms with Crippen LogP contribution in [-0.4, -0.2) is 78.1 Å². The van der Waals surface area contributed by atoms with Crippen molar-refractivity contribution >= 4 is 35.7 Å². The average molecular weight is 640 g/mol. The van der Waals surface area contributed by atoms with Crippen LogP contribution in [0.4, 0.5) is 4.79 Å². The number of hydrogen-bond acceptors (Lipinski definition) is 9. The smallest absolute Gasteiger partial charge is 0.408 e. The van der Waals surface area contributed by atoms with Crippen LogP contribution in [0.3, 0.4) is 0 Å². The zero-order valence-corrected chi connectivity index (χ0v) is 26.1. The Hall–Kier alpha value is -4.98. The maximum Gasteiger partial charge on any atom is 0.408 e. The second kappa shape index (κ2) is 17.5. The number of rotatable bonds is 16. The zero-order valence-electron chi connectivity index (χ0n) is 26.1. The lowest BCUT2D eigenvalue weighted by atomic mass is 10.0. The number of carbonyl (C=O) groups is 6. The summed E-state index contributed by atoms with van der Waals surface area (Å²) in [5.74, 6) is -3.72. The van der Waals surface area contributed by atoms with Gasteiger partial charge in [0, 0.05) is 12.8 Å². The molecule has 5 amide bonds. The van der Waals surface area contributed by atoms with Gasteiger partial charge in [-0.15, -0.1) is 0 Å². The number of hydrazine groups is 1. The lowest BCUT2D eigenvalue weighted by molar-refractivity contribution is -0.146. The van der Waals surface area contributed by atoms with E-state index in [0.717, 1.165) is 10.6 Å². The molecule has 2 aromatic carbocycles. The molecule has 5 N–H and O–H groups in total. The number of esters is 1. The highest BCUT2D eigenvalue weighted by Gasteiger charge is 2.53. The molecule has 0 radical (unpaired) electrons. The largest absolute Gasteiger partial charge is 0.464 e. The molecule has 2 aromatic rings. The number of benzene rings is 2. The maximum atomic E-state index is 13.6. The summed E-state index contributed by atoms with van der Waals surface area (Å²) in [6.07, 6.45) is -3.22. The molecule has 0 aliphatic carbocycles. The fourth-order valence-electron chi connectivity index (χ4n) is 4.45. The number of nitrogens with two attached hydrogens (primary N) is 1. The molecular weight excluding hydrogens is 598 g/mol. The molecule has 1 saturated heterocycles. The van der Waals surface area contributed by atoms with E-state index >= 15 is 0 Å². The lowest BCUT2D eigenvalue weighted by Crippen LogP contribution is -2.58. The van der Waals surface area contributed by atoms with Crippen molar-refractivity contribution in [2.45, 2.75) is 70.9 Å². The first-order chi connectivity index (χ1) is 22.0. The van der Waals surface area contributed by atoms with Crippen molar-refractivity contribution in [1.82, 2.24) is 21.1 Å². The molecule has 248 valence electrons. The van der Waals surface area contributed by atoms with E-state index in [-0.39, 0.29) is 44.9 Å². The van der Waals surface area contributed by atoms with Crippen molar-refractivity contribution in [2.75, 3.05) is 13.2 Å². The van der Waals surface area contributed by atoms with E-state index in [2.05, 4.69) is 16.1 Å². The van der Waals surface area contributed by atoms with Crippen molar-refractivity contribution < 1.29 is 43.0 Å². The Labute approximate surface area is 267 Å².